The molecule has 102 valence electrons. The molecule has 0 unspecified atom stereocenters. The molecule has 7 nitrogen and oxygen atoms in total. The highest BCUT2D eigenvalue weighted by Crippen LogP contribution is 2.26. The fourth-order valence-corrected chi connectivity index (χ4v) is 1.88. The minimum absolute atomic E-state index is 0.260. The van der Waals surface area contributed by atoms with Crippen LogP contribution in [0.2, 0.25) is 0 Å². The van der Waals surface area contributed by atoms with Gasteiger partial charge in [-0.15, -0.1) is 0 Å². The van der Waals surface area contributed by atoms with Crippen molar-refractivity contribution in [2.24, 2.45) is 0 Å². The van der Waals surface area contributed by atoms with Gasteiger partial charge in [0.1, 0.15) is 0 Å². The number of hydrogen-bond acceptors (Lipinski definition) is 5. The molecule has 0 aliphatic carbocycles. The van der Waals surface area contributed by atoms with Gasteiger partial charge in [0.2, 0.25) is 0 Å². The quantitative estimate of drug-likeness (QED) is 0.629. The van der Waals surface area contributed by atoms with Crippen molar-refractivity contribution in [1.29, 1.82) is 0 Å². The number of nitrogens with zero attached hydrogens (tertiary/aromatic N) is 3. The lowest BCUT2D eigenvalue weighted by atomic mass is 10.1. The van der Waals surface area contributed by atoms with Gasteiger partial charge in [-0.05, 0) is 30.7 Å². The van der Waals surface area contributed by atoms with Crippen molar-refractivity contribution in [3.8, 4) is 0 Å². The molecule has 2 rings (SSSR count). The minimum Gasteiger partial charge on any atom is -0.261 e. The zero-order chi connectivity index (χ0) is 14.7. The molecule has 1 heterocycles. The summed E-state index contributed by atoms with van der Waals surface area (Å²) in [5.41, 5.74) is 1.53. The standard InChI is InChI=1S/C13H11N3O4/c1-9-4-5-14-11(6-9)7-10-2-3-12(15(17)18)8-13(10)16(19)20/h2-6,8H,7H2,1H3. The van der Waals surface area contributed by atoms with E-state index >= 15 is 0 Å². The van der Waals surface area contributed by atoms with Crippen LogP contribution in [0.15, 0.2) is 36.5 Å². The van der Waals surface area contributed by atoms with Crippen LogP contribution in [0.25, 0.3) is 0 Å². The van der Waals surface area contributed by atoms with Gasteiger partial charge in [-0.25, -0.2) is 0 Å². The molecule has 0 radical (unpaired) electrons. The highest BCUT2D eigenvalue weighted by Gasteiger charge is 2.19. The number of hydrogen-bond donors (Lipinski definition) is 0. The zero-order valence-electron chi connectivity index (χ0n) is 10.6. The molecule has 0 N–H and O–H groups in total. The highest BCUT2D eigenvalue weighted by molar-refractivity contribution is 5.50. The summed E-state index contributed by atoms with van der Waals surface area (Å²) in [7, 11) is 0. The van der Waals surface area contributed by atoms with Gasteiger partial charge in [-0.1, -0.05) is 0 Å². The number of pyridine rings is 1. The number of benzene rings is 1. The molecular weight excluding hydrogens is 262 g/mol. The number of aryl methyl sites for hydroxylation is 1. The number of nitro groups is 2. The molecule has 7 heteroatoms. The lowest BCUT2D eigenvalue weighted by Gasteiger charge is -2.03. The van der Waals surface area contributed by atoms with E-state index < -0.39 is 9.85 Å². The maximum absolute atomic E-state index is 11.0. The van der Waals surface area contributed by atoms with Gasteiger partial charge in [-0.3, -0.25) is 25.2 Å². The smallest absolute Gasteiger partial charge is 0.261 e. The number of non-ortho nitro benzene ring substituents is 1. The fourth-order valence-electron chi connectivity index (χ4n) is 1.88. The minimum atomic E-state index is -0.651. The Hall–Kier alpha value is -2.83. The summed E-state index contributed by atoms with van der Waals surface area (Å²) >= 11 is 0. The van der Waals surface area contributed by atoms with E-state index in [2.05, 4.69) is 4.98 Å². The van der Waals surface area contributed by atoms with Gasteiger partial charge < -0.3 is 0 Å². The predicted octanol–water partition coefficient (Wildman–Crippen LogP) is 2.80. The highest BCUT2D eigenvalue weighted by atomic mass is 16.6. The van der Waals surface area contributed by atoms with Crippen molar-refractivity contribution in [3.05, 3.63) is 73.6 Å². The third-order valence-corrected chi connectivity index (χ3v) is 2.82. The Morgan fingerprint density at radius 2 is 1.85 bits per heavy atom. The third-order valence-electron chi connectivity index (χ3n) is 2.82. The van der Waals surface area contributed by atoms with E-state index in [1.165, 1.54) is 12.1 Å². The van der Waals surface area contributed by atoms with E-state index in [-0.39, 0.29) is 17.8 Å². The molecule has 20 heavy (non-hydrogen) atoms. The van der Waals surface area contributed by atoms with Crippen LogP contribution in [0.1, 0.15) is 16.8 Å². The molecule has 1 aromatic carbocycles. The lowest BCUT2D eigenvalue weighted by molar-refractivity contribution is -0.394. The largest absolute Gasteiger partial charge is 0.279 e. The Morgan fingerprint density at radius 3 is 2.45 bits per heavy atom. The summed E-state index contributed by atoms with van der Waals surface area (Å²) in [4.78, 5) is 24.5. The van der Waals surface area contributed by atoms with Gasteiger partial charge in [-0.2, -0.15) is 0 Å². The van der Waals surface area contributed by atoms with Crippen molar-refractivity contribution < 1.29 is 9.85 Å². The summed E-state index contributed by atoms with van der Waals surface area (Å²) in [5.74, 6) is 0. The Balaban J connectivity index is 2.41. The van der Waals surface area contributed by atoms with Gasteiger partial charge >= 0.3 is 0 Å². The van der Waals surface area contributed by atoms with E-state index in [1.54, 1.807) is 6.20 Å². The van der Waals surface area contributed by atoms with E-state index in [1.807, 2.05) is 19.1 Å². The maximum Gasteiger partial charge on any atom is 0.279 e. The van der Waals surface area contributed by atoms with Crippen LogP contribution in [-0.2, 0) is 6.42 Å². The summed E-state index contributed by atoms with van der Waals surface area (Å²) in [6.45, 7) is 1.90. The molecule has 0 bridgehead atoms. The van der Waals surface area contributed by atoms with Crippen LogP contribution in [0.5, 0.6) is 0 Å². The van der Waals surface area contributed by atoms with E-state index in [0.29, 0.717) is 11.3 Å². The van der Waals surface area contributed by atoms with E-state index in [4.69, 9.17) is 0 Å². The molecule has 0 fully saturated rings. The average Bonchev–Trinajstić information content (AvgIpc) is 2.38. The first-order valence-electron chi connectivity index (χ1n) is 5.80. The molecular formula is C13H11N3O4. The fraction of sp³-hybridized carbons (Fsp3) is 0.154. The normalized spacial score (nSPS) is 10.2. The Labute approximate surface area is 114 Å². The second kappa shape index (κ2) is 5.43. The Kier molecular flexibility index (Phi) is 3.69. The lowest BCUT2D eigenvalue weighted by Crippen LogP contribution is -2.00. The van der Waals surface area contributed by atoms with Crippen LogP contribution in [0.3, 0.4) is 0 Å². The molecule has 0 amide bonds. The number of aromatic nitrogens is 1. The monoisotopic (exact) mass is 273 g/mol. The van der Waals surface area contributed by atoms with Gasteiger partial charge in [0.15, 0.2) is 0 Å². The van der Waals surface area contributed by atoms with Gasteiger partial charge in [0, 0.05) is 29.9 Å². The van der Waals surface area contributed by atoms with Crippen molar-refractivity contribution in [3.63, 3.8) is 0 Å². The van der Waals surface area contributed by atoms with Crippen LogP contribution in [0.4, 0.5) is 11.4 Å². The number of rotatable bonds is 4. The van der Waals surface area contributed by atoms with Gasteiger partial charge in [0.05, 0.1) is 15.9 Å². The first-order chi connectivity index (χ1) is 9.47. The zero-order valence-corrected chi connectivity index (χ0v) is 10.6. The average molecular weight is 273 g/mol. The van der Waals surface area contributed by atoms with Crippen LogP contribution >= 0.6 is 0 Å². The summed E-state index contributed by atoms with van der Waals surface area (Å²) in [6.07, 6.45) is 1.89. The van der Waals surface area contributed by atoms with Crippen molar-refractivity contribution in [1.82, 2.24) is 4.98 Å². The van der Waals surface area contributed by atoms with Crippen LogP contribution < -0.4 is 0 Å². The summed E-state index contributed by atoms with van der Waals surface area (Å²) < 4.78 is 0. The molecule has 0 saturated carbocycles. The topological polar surface area (TPSA) is 99.2 Å². The first kappa shape index (κ1) is 13.6. The summed E-state index contributed by atoms with van der Waals surface area (Å²) in [5, 5.41) is 21.7. The molecule has 0 saturated heterocycles. The molecule has 0 aliphatic rings. The van der Waals surface area contributed by atoms with Crippen molar-refractivity contribution in [2.45, 2.75) is 13.3 Å². The predicted molar refractivity (Wildman–Crippen MR) is 71.5 cm³/mol. The van der Waals surface area contributed by atoms with Crippen LogP contribution in [0, 0.1) is 27.2 Å². The second-order valence-corrected chi connectivity index (χ2v) is 4.33. The molecule has 0 spiro atoms. The molecule has 0 aliphatic heterocycles. The molecule has 2 aromatic rings. The van der Waals surface area contributed by atoms with Crippen molar-refractivity contribution >= 4 is 11.4 Å². The SMILES string of the molecule is Cc1ccnc(Cc2ccc([N+](=O)[O-])cc2[N+](=O)[O-])c1. The molecule has 1 aromatic heterocycles. The van der Waals surface area contributed by atoms with E-state index in [0.717, 1.165) is 11.6 Å². The van der Waals surface area contributed by atoms with Gasteiger partial charge in [0.25, 0.3) is 11.4 Å². The third kappa shape index (κ3) is 2.94. The maximum atomic E-state index is 11.0. The molecule has 0 atom stereocenters. The van der Waals surface area contributed by atoms with E-state index in [9.17, 15) is 20.2 Å². The Bertz CT molecular complexity index is 685. The summed E-state index contributed by atoms with van der Waals surface area (Å²) in [6, 6.07) is 7.29. The van der Waals surface area contributed by atoms with Crippen molar-refractivity contribution in [2.75, 3.05) is 0 Å². The van der Waals surface area contributed by atoms with Crippen LogP contribution in [-0.4, -0.2) is 14.8 Å². The first-order valence-corrected chi connectivity index (χ1v) is 5.80. The Morgan fingerprint density at radius 1 is 1.10 bits per heavy atom. The number of nitro benzene ring substituents is 2. The second-order valence-electron chi connectivity index (χ2n) is 4.33.